The van der Waals surface area contributed by atoms with Crippen molar-refractivity contribution in [3.05, 3.63) is 41.9 Å². The highest BCUT2D eigenvalue weighted by Crippen LogP contribution is 2.33. The van der Waals surface area contributed by atoms with Crippen molar-refractivity contribution in [3.63, 3.8) is 0 Å². The molecule has 0 amide bonds. The maximum atomic E-state index is 4.40. The standard InChI is InChI=1S/C15H18N4/c1-10-15(11-6-4-5-7-13(11)18-10)12-8-17-19(3)14(12)9-16-2/h4-8,16,18H,9H2,1-3H3. The molecule has 0 fully saturated rings. The number of aryl methyl sites for hydroxylation is 2. The largest absolute Gasteiger partial charge is 0.358 e. The van der Waals surface area contributed by atoms with Crippen LogP contribution in [0.5, 0.6) is 0 Å². The zero-order valence-electron chi connectivity index (χ0n) is 11.5. The highest BCUT2D eigenvalue weighted by atomic mass is 15.3. The number of fused-ring (bicyclic) bond motifs is 1. The van der Waals surface area contributed by atoms with Gasteiger partial charge in [0.1, 0.15) is 0 Å². The van der Waals surface area contributed by atoms with Crippen molar-refractivity contribution >= 4 is 10.9 Å². The Morgan fingerprint density at radius 1 is 1.32 bits per heavy atom. The van der Waals surface area contributed by atoms with E-state index in [0.717, 1.165) is 6.54 Å². The van der Waals surface area contributed by atoms with Gasteiger partial charge < -0.3 is 10.3 Å². The van der Waals surface area contributed by atoms with E-state index in [0.29, 0.717) is 0 Å². The summed E-state index contributed by atoms with van der Waals surface area (Å²) in [5, 5.41) is 8.87. The van der Waals surface area contributed by atoms with E-state index >= 15 is 0 Å². The monoisotopic (exact) mass is 254 g/mol. The maximum Gasteiger partial charge on any atom is 0.0597 e. The second-order valence-corrected chi connectivity index (χ2v) is 4.83. The summed E-state index contributed by atoms with van der Waals surface area (Å²) in [4.78, 5) is 3.45. The van der Waals surface area contributed by atoms with Gasteiger partial charge in [-0.1, -0.05) is 18.2 Å². The van der Waals surface area contributed by atoms with Crippen LogP contribution in [0.1, 0.15) is 11.4 Å². The normalized spacial score (nSPS) is 11.3. The highest BCUT2D eigenvalue weighted by molar-refractivity contribution is 5.97. The Morgan fingerprint density at radius 2 is 2.11 bits per heavy atom. The molecule has 2 heterocycles. The second kappa shape index (κ2) is 4.55. The zero-order chi connectivity index (χ0) is 13.4. The van der Waals surface area contributed by atoms with Crippen LogP contribution in [0.25, 0.3) is 22.0 Å². The number of rotatable bonds is 3. The van der Waals surface area contributed by atoms with E-state index in [1.165, 1.54) is 33.4 Å². The summed E-state index contributed by atoms with van der Waals surface area (Å²) in [5.41, 5.74) is 6.02. The third-order valence-corrected chi connectivity index (χ3v) is 3.57. The first-order chi connectivity index (χ1) is 9.22. The summed E-state index contributed by atoms with van der Waals surface area (Å²) >= 11 is 0. The number of aromatic nitrogens is 3. The molecule has 0 spiro atoms. The van der Waals surface area contributed by atoms with E-state index in [9.17, 15) is 0 Å². The predicted octanol–water partition coefficient (Wildman–Crippen LogP) is 2.60. The van der Waals surface area contributed by atoms with Gasteiger partial charge in [-0.3, -0.25) is 4.68 Å². The first-order valence-electron chi connectivity index (χ1n) is 6.45. The molecule has 4 heteroatoms. The molecule has 0 radical (unpaired) electrons. The van der Waals surface area contributed by atoms with Crippen LogP contribution in [-0.4, -0.2) is 21.8 Å². The van der Waals surface area contributed by atoms with E-state index in [4.69, 9.17) is 0 Å². The fourth-order valence-corrected chi connectivity index (χ4v) is 2.67. The van der Waals surface area contributed by atoms with Crippen LogP contribution in [-0.2, 0) is 13.6 Å². The molecular formula is C15H18N4. The minimum Gasteiger partial charge on any atom is -0.358 e. The Balaban J connectivity index is 2.27. The van der Waals surface area contributed by atoms with Gasteiger partial charge in [-0.05, 0) is 20.0 Å². The van der Waals surface area contributed by atoms with Gasteiger partial charge in [0.05, 0.1) is 11.9 Å². The van der Waals surface area contributed by atoms with Crippen molar-refractivity contribution < 1.29 is 0 Å². The number of H-pyrrole nitrogens is 1. The molecule has 0 saturated carbocycles. The highest BCUT2D eigenvalue weighted by Gasteiger charge is 2.16. The molecule has 0 atom stereocenters. The van der Waals surface area contributed by atoms with E-state index in [1.54, 1.807) is 0 Å². The summed E-state index contributed by atoms with van der Waals surface area (Å²) in [5.74, 6) is 0. The molecule has 0 aliphatic carbocycles. The van der Waals surface area contributed by atoms with Gasteiger partial charge in [0, 0.05) is 41.3 Å². The van der Waals surface area contributed by atoms with Crippen LogP contribution < -0.4 is 5.32 Å². The molecule has 3 rings (SSSR count). The lowest BCUT2D eigenvalue weighted by Crippen LogP contribution is -2.10. The number of hydrogen-bond donors (Lipinski definition) is 2. The zero-order valence-corrected chi connectivity index (χ0v) is 11.5. The first-order valence-corrected chi connectivity index (χ1v) is 6.45. The Morgan fingerprint density at radius 3 is 2.89 bits per heavy atom. The van der Waals surface area contributed by atoms with Crippen molar-refractivity contribution in [1.82, 2.24) is 20.1 Å². The minimum atomic E-state index is 0.810. The Labute approximate surface area is 112 Å². The average molecular weight is 254 g/mol. The SMILES string of the molecule is CNCc1c(-c2c(C)[nH]c3ccccc23)cnn1C. The lowest BCUT2D eigenvalue weighted by Gasteiger charge is -2.06. The van der Waals surface area contributed by atoms with Gasteiger partial charge in [-0.25, -0.2) is 0 Å². The van der Waals surface area contributed by atoms with Crippen molar-refractivity contribution in [2.45, 2.75) is 13.5 Å². The first kappa shape index (κ1) is 12.0. The van der Waals surface area contributed by atoms with Gasteiger partial charge >= 0.3 is 0 Å². The van der Waals surface area contributed by atoms with Crippen molar-refractivity contribution in [1.29, 1.82) is 0 Å². The molecule has 2 N–H and O–H groups in total. The Bertz CT molecular complexity index is 721. The van der Waals surface area contributed by atoms with Crippen LogP contribution >= 0.6 is 0 Å². The summed E-state index contributed by atoms with van der Waals surface area (Å²) in [6.45, 7) is 2.93. The van der Waals surface area contributed by atoms with E-state index in [-0.39, 0.29) is 0 Å². The van der Waals surface area contributed by atoms with Crippen molar-refractivity contribution in [2.24, 2.45) is 7.05 Å². The van der Waals surface area contributed by atoms with Gasteiger partial charge in [-0.15, -0.1) is 0 Å². The molecule has 0 aliphatic rings. The smallest absolute Gasteiger partial charge is 0.0597 e. The van der Waals surface area contributed by atoms with Gasteiger partial charge in [-0.2, -0.15) is 5.10 Å². The fraction of sp³-hybridized carbons (Fsp3) is 0.267. The third-order valence-electron chi connectivity index (χ3n) is 3.57. The van der Waals surface area contributed by atoms with Crippen LogP contribution in [0.4, 0.5) is 0 Å². The van der Waals surface area contributed by atoms with Crippen LogP contribution in [0.3, 0.4) is 0 Å². The molecule has 0 saturated heterocycles. The lowest BCUT2D eigenvalue weighted by atomic mass is 10.0. The molecule has 0 unspecified atom stereocenters. The summed E-state index contributed by atoms with van der Waals surface area (Å²) in [6.07, 6.45) is 1.95. The third kappa shape index (κ3) is 1.85. The molecule has 4 nitrogen and oxygen atoms in total. The quantitative estimate of drug-likeness (QED) is 0.754. The minimum absolute atomic E-state index is 0.810. The molecular weight excluding hydrogens is 236 g/mol. The Kier molecular flexibility index (Phi) is 2.87. The molecule has 0 bridgehead atoms. The molecule has 0 aliphatic heterocycles. The molecule has 1 aromatic carbocycles. The summed E-state index contributed by atoms with van der Waals surface area (Å²) in [6, 6.07) is 8.40. The summed E-state index contributed by atoms with van der Waals surface area (Å²) < 4.78 is 1.94. The van der Waals surface area contributed by atoms with E-state index < -0.39 is 0 Å². The number of hydrogen-bond acceptors (Lipinski definition) is 2. The molecule has 2 aromatic heterocycles. The number of benzene rings is 1. The average Bonchev–Trinajstić information content (AvgIpc) is 2.91. The Hall–Kier alpha value is -2.07. The van der Waals surface area contributed by atoms with Crippen LogP contribution in [0.15, 0.2) is 30.5 Å². The van der Waals surface area contributed by atoms with Gasteiger partial charge in [0.25, 0.3) is 0 Å². The number of para-hydroxylation sites is 1. The van der Waals surface area contributed by atoms with Gasteiger partial charge in [0.2, 0.25) is 0 Å². The van der Waals surface area contributed by atoms with E-state index in [2.05, 4.69) is 46.6 Å². The lowest BCUT2D eigenvalue weighted by molar-refractivity contribution is 0.673. The van der Waals surface area contributed by atoms with Gasteiger partial charge in [0.15, 0.2) is 0 Å². The predicted molar refractivity (Wildman–Crippen MR) is 78.0 cm³/mol. The van der Waals surface area contributed by atoms with Crippen LogP contribution in [0, 0.1) is 6.92 Å². The van der Waals surface area contributed by atoms with E-state index in [1.807, 2.05) is 25.0 Å². The summed E-state index contributed by atoms with van der Waals surface area (Å²) in [7, 11) is 3.94. The second-order valence-electron chi connectivity index (χ2n) is 4.83. The topological polar surface area (TPSA) is 45.6 Å². The maximum absolute atomic E-state index is 4.40. The number of nitrogens with zero attached hydrogens (tertiary/aromatic N) is 2. The van der Waals surface area contributed by atoms with Crippen molar-refractivity contribution in [2.75, 3.05) is 7.05 Å². The molecule has 98 valence electrons. The number of aromatic amines is 1. The molecule has 19 heavy (non-hydrogen) atoms. The van der Waals surface area contributed by atoms with Crippen LogP contribution in [0.2, 0.25) is 0 Å². The fourth-order valence-electron chi connectivity index (χ4n) is 2.67. The number of nitrogens with one attached hydrogen (secondary N) is 2. The van der Waals surface area contributed by atoms with Crippen molar-refractivity contribution in [3.8, 4) is 11.1 Å². The molecule has 3 aromatic rings.